The van der Waals surface area contributed by atoms with Crippen LogP contribution < -0.4 is 10.2 Å². The van der Waals surface area contributed by atoms with Gasteiger partial charge in [0.05, 0.1) is 13.2 Å². The summed E-state index contributed by atoms with van der Waals surface area (Å²) < 4.78 is 25.6. The number of hydrogen-bond acceptors (Lipinski definition) is 7. The van der Waals surface area contributed by atoms with Crippen LogP contribution in [0.1, 0.15) is 53.2 Å². The van der Waals surface area contributed by atoms with Crippen LogP contribution in [-0.4, -0.2) is 83.7 Å². The molecule has 3 saturated heterocycles. The minimum absolute atomic E-state index is 0.0669. The molecule has 44 heavy (non-hydrogen) atoms. The number of nitrogens with one attached hydrogen (secondary N) is 1. The van der Waals surface area contributed by atoms with Gasteiger partial charge in [0, 0.05) is 69.3 Å². The van der Waals surface area contributed by atoms with Gasteiger partial charge in [-0.3, -0.25) is 14.5 Å². The van der Waals surface area contributed by atoms with Crippen molar-refractivity contribution in [2.24, 2.45) is 0 Å². The molecule has 3 amide bonds. The van der Waals surface area contributed by atoms with Crippen LogP contribution in [-0.2, 0) is 16.1 Å². The molecule has 3 aliphatic heterocycles. The fraction of sp³-hybridized carbons (Fsp3) is 0.424. The molecule has 2 aromatic carbocycles. The van der Waals surface area contributed by atoms with Crippen molar-refractivity contribution in [1.29, 1.82) is 0 Å². The van der Waals surface area contributed by atoms with Gasteiger partial charge in [-0.25, -0.2) is 19.6 Å². The van der Waals surface area contributed by atoms with E-state index in [1.165, 1.54) is 13.2 Å². The molecule has 1 atom stereocenters. The van der Waals surface area contributed by atoms with Crippen LogP contribution in [0.2, 0.25) is 0 Å². The first-order valence-electron chi connectivity index (χ1n) is 15.2. The highest BCUT2D eigenvalue weighted by molar-refractivity contribution is 5.93. The molecular weight excluding hydrogens is 565 g/mol. The Balaban J connectivity index is 1.05. The van der Waals surface area contributed by atoms with Crippen LogP contribution in [0.3, 0.4) is 0 Å². The maximum Gasteiger partial charge on any atom is 0.321 e. The monoisotopic (exact) mass is 603 g/mol. The second-order valence-corrected chi connectivity index (χ2v) is 11.5. The fourth-order valence-electron chi connectivity index (χ4n) is 6.45. The molecule has 1 aromatic heterocycles. The Morgan fingerprint density at radius 1 is 1.02 bits per heavy atom. The highest BCUT2D eigenvalue weighted by atomic mass is 19.1. The van der Waals surface area contributed by atoms with Gasteiger partial charge in [0.1, 0.15) is 11.6 Å². The quantitative estimate of drug-likeness (QED) is 0.347. The molecule has 4 heterocycles. The zero-order chi connectivity index (χ0) is 30.5. The predicted octanol–water partition coefficient (Wildman–Crippen LogP) is 4.93. The average molecular weight is 604 g/mol. The molecule has 232 valence electrons. The Morgan fingerprint density at radius 2 is 1.80 bits per heavy atom. The van der Waals surface area contributed by atoms with Crippen LogP contribution in [0.25, 0.3) is 0 Å². The number of aromatic nitrogens is 1. The minimum Gasteiger partial charge on any atom is -0.439 e. The summed E-state index contributed by atoms with van der Waals surface area (Å²) in [5.41, 5.74) is 4.67. The molecule has 0 aliphatic carbocycles. The smallest absolute Gasteiger partial charge is 0.321 e. The molecule has 11 heteroatoms. The van der Waals surface area contributed by atoms with E-state index in [1.807, 2.05) is 34.2 Å². The van der Waals surface area contributed by atoms with Gasteiger partial charge < -0.3 is 19.3 Å². The Labute approximate surface area is 256 Å². The van der Waals surface area contributed by atoms with Gasteiger partial charge >= 0.3 is 6.03 Å². The number of ether oxygens (including phenoxy) is 2. The summed E-state index contributed by atoms with van der Waals surface area (Å²) in [6.45, 7) is 4.37. The standard InChI is InChI=1S/C33H38FN5O5/c1-42-36-32(40)24-6-8-29(9-7-24)44-31-10-5-23(20-35-31)21-37-15-11-28(12-16-37)39-30(25-3-2-4-26(34)19-25)22-38(33(39)41)27-13-17-43-18-14-27/h2-10,19-20,27-28,30H,11-18,21-22H2,1H3,(H,36,40). The number of benzene rings is 2. The lowest BCUT2D eigenvalue weighted by Gasteiger charge is -2.39. The van der Waals surface area contributed by atoms with Crippen molar-refractivity contribution < 1.29 is 28.3 Å². The third-order valence-electron chi connectivity index (χ3n) is 8.72. The molecule has 3 fully saturated rings. The molecule has 0 saturated carbocycles. The first kappa shape index (κ1) is 30.0. The second-order valence-electron chi connectivity index (χ2n) is 11.5. The van der Waals surface area contributed by atoms with E-state index in [0.717, 1.165) is 56.4 Å². The Hall–Kier alpha value is -4.06. The number of hydroxylamine groups is 1. The molecule has 0 bridgehead atoms. The number of carbonyl (C=O) groups is 2. The van der Waals surface area contributed by atoms with Crippen molar-refractivity contribution in [3.05, 3.63) is 89.4 Å². The number of halogens is 1. The van der Waals surface area contributed by atoms with E-state index in [1.54, 1.807) is 36.4 Å². The Morgan fingerprint density at radius 3 is 2.48 bits per heavy atom. The lowest BCUT2D eigenvalue weighted by Crippen LogP contribution is -2.48. The van der Waals surface area contributed by atoms with Crippen molar-refractivity contribution in [3.63, 3.8) is 0 Å². The SMILES string of the molecule is CONC(=O)c1ccc(Oc2ccc(CN3CCC(N4C(=O)N(C5CCOCC5)CC4c4cccc(F)c4)CC3)cn2)cc1. The summed E-state index contributed by atoms with van der Waals surface area (Å²) in [6, 6.07) is 17.4. The summed E-state index contributed by atoms with van der Waals surface area (Å²) in [6.07, 6.45) is 5.20. The molecule has 6 rings (SSSR count). The van der Waals surface area contributed by atoms with Gasteiger partial charge in [-0.2, -0.15) is 0 Å². The first-order chi connectivity index (χ1) is 21.5. The summed E-state index contributed by atoms with van der Waals surface area (Å²) in [4.78, 5) is 41.2. The zero-order valence-electron chi connectivity index (χ0n) is 24.9. The van der Waals surface area contributed by atoms with Crippen LogP contribution in [0, 0.1) is 5.82 Å². The molecule has 0 radical (unpaired) electrons. The number of urea groups is 1. The summed E-state index contributed by atoms with van der Waals surface area (Å²) in [5, 5.41) is 0. The van der Waals surface area contributed by atoms with Crippen molar-refractivity contribution >= 4 is 11.9 Å². The van der Waals surface area contributed by atoms with E-state index < -0.39 is 0 Å². The van der Waals surface area contributed by atoms with E-state index in [0.29, 0.717) is 37.0 Å². The summed E-state index contributed by atoms with van der Waals surface area (Å²) in [7, 11) is 1.39. The molecule has 3 aliphatic rings. The average Bonchev–Trinajstić information content (AvgIpc) is 3.40. The first-order valence-corrected chi connectivity index (χ1v) is 15.2. The van der Waals surface area contributed by atoms with Crippen molar-refractivity contribution in [3.8, 4) is 11.6 Å². The Kier molecular flexibility index (Phi) is 9.34. The van der Waals surface area contributed by atoms with Crippen molar-refractivity contribution in [2.45, 2.75) is 50.4 Å². The van der Waals surface area contributed by atoms with Crippen LogP contribution in [0.15, 0.2) is 66.9 Å². The predicted molar refractivity (Wildman–Crippen MR) is 160 cm³/mol. The van der Waals surface area contributed by atoms with Gasteiger partial charge in [0.25, 0.3) is 5.91 Å². The molecule has 10 nitrogen and oxygen atoms in total. The normalized spacial score (nSPS) is 20.2. The summed E-state index contributed by atoms with van der Waals surface area (Å²) >= 11 is 0. The van der Waals surface area contributed by atoms with Gasteiger partial charge in [0.15, 0.2) is 0 Å². The number of likely N-dealkylation sites (tertiary alicyclic amines) is 1. The number of hydrogen-bond donors (Lipinski definition) is 1. The van der Waals surface area contributed by atoms with E-state index in [-0.39, 0.29) is 35.9 Å². The van der Waals surface area contributed by atoms with Crippen LogP contribution in [0.4, 0.5) is 9.18 Å². The van der Waals surface area contributed by atoms with E-state index in [2.05, 4.69) is 20.2 Å². The molecule has 3 aromatic rings. The van der Waals surface area contributed by atoms with Gasteiger partial charge in [-0.15, -0.1) is 0 Å². The largest absolute Gasteiger partial charge is 0.439 e. The third kappa shape index (κ3) is 6.85. The van der Waals surface area contributed by atoms with Gasteiger partial charge in [-0.1, -0.05) is 18.2 Å². The van der Waals surface area contributed by atoms with E-state index in [9.17, 15) is 14.0 Å². The third-order valence-corrected chi connectivity index (χ3v) is 8.72. The van der Waals surface area contributed by atoms with E-state index in [4.69, 9.17) is 9.47 Å². The number of amides is 3. The number of rotatable bonds is 9. The number of piperidine rings is 1. The van der Waals surface area contributed by atoms with Gasteiger partial charge in [0.2, 0.25) is 5.88 Å². The highest BCUT2D eigenvalue weighted by Gasteiger charge is 2.45. The van der Waals surface area contributed by atoms with Crippen LogP contribution in [0.5, 0.6) is 11.6 Å². The maximum absolute atomic E-state index is 14.2. The Bertz CT molecular complexity index is 1430. The fourth-order valence-corrected chi connectivity index (χ4v) is 6.45. The maximum atomic E-state index is 14.2. The van der Waals surface area contributed by atoms with E-state index >= 15 is 0 Å². The number of pyridine rings is 1. The topological polar surface area (TPSA) is 96.5 Å². The number of nitrogens with zero attached hydrogens (tertiary/aromatic N) is 4. The lowest BCUT2D eigenvalue weighted by atomic mass is 9.98. The second kappa shape index (κ2) is 13.7. The minimum atomic E-state index is -0.332. The molecule has 1 unspecified atom stereocenters. The van der Waals surface area contributed by atoms with Crippen molar-refractivity contribution in [2.75, 3.05) is 40.0 Å². The molecule has 1 N–H and O–H groups in total. The van der Waals surface area contributed by atoms with Crippen molar-refractivity contribution in [1.82, 2.24) is 25.2 Å². The summed E-state index contributed by atoms with van der Waals surface area (Å²) in [5.74, 6) is 0.432. The highest BCUT2D eigenvalue weighted by Crippen LogP contribution is 2.37. The molecular formula is C33H38FN5O5. The molecule has 0 spiro atoms. The lowest BCUT2D eigenvalue weighted by molar-refractivity contribution is 0.0493. The number of carbonyl (C=O) groups excluding carboxylic acids is 2. The van der Waals surface area contributed by atoms with Crippen LogP contribution >= 0.6 is 0 Å². The van der Waals surface area contributed by atoms with Gasteiger partial charge in [-0.05, 0) is 73.2 Å². The zero-order valence-corrected chi connectivity index (χ0v) is 24.9.